The molecule has 2 N–H and O–H groups in total. The van der Waals surface area contributed by atoms with Gasteiger partial charge in [0.1, 0.15) is 5.69 Å². The van der Waals surface area contributed by atoms with Crippen LogP contribution >= 0.6 is 0 Å². The van der Waals surface area contributed by atoms with Crippen LogP contribution in [0.25, 0.3) is 0 Å². The summed E-state index contributed by atoms with van der Waals surface area (Å²) in [7, 11) is 0. The van der Waals surface area contributed by atoms with E-state index >= 15 is 0 Å². The smallest absolute Gasteiger partial charge is 0.332 e. The van der Waals surface area contributed by atoms with Crippen LogP contribution in [0.2, 0.25) is 0 Å². The van der Waals surface area contributed by atoms with Crippen LogP contribution in [0, 0.1) is 16.5 Å². The van der Waals surface area contributed by atoms with Crippen LogP contribution in [0.1, 0.15) is 12.5 Å². The number of carboxylic acid groups (broad SMARTS) is 1. The van der Waals surface area contributed by atoms with Crippen LogP contribution in [0.3, 0.4) is 0 Å². The van der Waals surface area contributed by atoms with Crippen molar-refractivity contribution in [1.29, 1.82) is 5.26 Å². The SMILES string of the molecule is CC(C(=O)O)N(c1ccc(C#N)cc1)/[N+]([O-])=N/O. The van der Waals surface area contributed by atoms with E-state index < -0.39 is 12.0 Å². The average Bonchev–Trinajstić information content (AvgIpc) is 2.39. The summed E-state index contributed by atoms with van der Waals surface area (Å²) in [6, 6.07) is 6.26. The molecule has 8 nitrogen and oxygen atoms in total. The van der Waals surface area contributed by atoms with Crippen LogP contribution in [0.15, 0.2) is 29.5 Å². The Morgan fingerprint density at radius 3 is 2.50 bits per heavy atom. The van der Waals surface area contributed by atoms with Gasteiger partial charge in [0.05, 0.1) is 16.6 Å². The fourth-order valence-electron chi connectivity index (χ4n) is 1.31. The molecule has 1 unspecified atom stereocenters. The fourth-order valence-corrected chi connectivity index (χ4v) is 1.31. The quantitative estimate of drug-likeness (QED) is 0.468. The molecule has 0 aliphatic heterocycles. The molecular weight excluding hydrogens is 240 g/mol. The molecule has 0 fully saturated rings. The third-order valence-corrected chi connectivity index (χ3v) is 2.25. The van der Waals surface area contributed by atoms with Gasteiger partial charge in [0, 0.05) is 0 Å². The zero-order chi connectivity index (χ0) is 13.7. The van der Waals surface area contributed by atoms with E-state index in [2.05, 4.69) is 5.28 Å². The monoisotopic (exact) mass is 250 g/mol. The number of carbonyl (C=O) groups is 1. The molecule has 1 aromatic rings. The highest BCUT2D eigenvalue weighted by Crippen LogP contribution is 2.18. The summed E-state index contributed by atoms with van der Waals surface area (Å²) >= 11 is 0. The third-order valence-electron chi connectivity index (χ3n) is 2.25. The summed E-state index contributed by atoms with van der Waals surface area (Å²) in [5.74, 6) is -1.26. The van der Waals surface area contributed by atoms with Crippen molar-refractivity contribution in [3.8, 4) is 6.07 Å². The number of aliphatic carboxylic acids is 1. The van der Waals surface area contributed by atoms with Gasteiger partial charge < -0.3 is 15.5 Å². The normalized spacial score (nSPS) is 12.6. The Morgan fingerprint density at radius 1 is 1.56 bits per heavy atom. The molecule has 0 aliphatic carbocycles. The van der Waals surface area contributed by atoms with E-state index in [9.17, 15) is 10.0 Å². The van der Waals surface area contributed by atoms with E-state index in [1.807, 2.05) is 6.07 Å². The van der Waals surface area contributed by atoms with E-state index in [0.29, 0.717) is 5.56 Å². The Kier molecular flexibility index (Phi) is 4.04. The number of hydrazine groups is 1. The minimum Gasteiger partial charge on any atom is -0.569 e. The van der Waals surface area contributed by atoms with Crippen molar-refractivity contribution in [3.63, 3.8) is 0 Å². The maximum Gasteiger partial charge on any atom is 0.332 e. The zero-order valence-corrected chi connectivity index (χ0v) is 9.39. The van der Waals surface area contributed by atoms with Crippen molar-refractivity contribution in [1.82, 2.24) is 0 Å². The van der Waals surface area contributed by atoms with Crippen molar-refractivity contribution in [3.05, 3.63) is 35.0 Å². The zero-order valence-electron chi connectivity index (χ0n) is 9.39. The second kappa shape index (κ2) is 5.49. The maximum atomic E-state index is 11.3. The van der Waals surface area contributed by atoms with E-state index in [0.717, 1.165) is 5.01 Å². The first-order valence-corrected chi connectivity index (χ1v) is 4.85. The number of hydrogen-bond acceptors (Lipinski definition) is 4. The van der Waals surface area contributed by atoms with Gasteiger partial charge in [0.2, 0.25) is 5.28 Å². The molecule has 18 heavy (non-hydrogen) atoms. The van der Waals surface area contributed by atoms with Crippen LogP contribution in [-0.4, -0.2) is 27.3 Å². The van der Waals surface area contributed by atoms with Gasteiger partial charge in [-0.15, -0.1) is 0 Å². The third kappa shape index (κ3) is 2.65. The highest BCUT2D eigenvalue weighted by atomic mass is 16.6. The molecule has 0 saturated carbocycles. The van der Waals surface area contributed by atoms with Gasteiger partial charge in [-0.25, -0.2) is 4.79 Å². The molecule has 0 amide bonds. The molecule has 0 radical (unpaired) electrons. The Labute approximate surface area is 102 Å². The molecule has 0 aromatic heterocycles. The van der Waals surface area contributed by atoms with Crippen molar-refractivity contribution < 1.29 is 20.1 Å². The van der Waals surface area contributed by atoms with Crippen molar-refractivity contribution in [2.75, 3.05) is 5.01 Å². The number of nitrogens with zero attached hydrogens (tertiary/aromatic N) is 4. The molecule has 0 saturated heterocycles. The van der Waals surface area contributed by atoms with Gasteiger partial charge in [0.25, 0.3) is 0 Å². The second-order valence-electron chi connectivity index (χ2n) is 3.36. The predicted octanol–water partition coefficient (Wildman–Crippen LogP) is 1.10. The van der Waals surface area contributed by atoms with Crippen LogP contribution in [-0.2, 0) is 4.79 Å². The highest BCUT2D eigenvalue weighted by molar-refractivity contribution is 5.76. The molecule has 0 spiro atoms. The predicted molar refractivity (Wildman–Crippen MR) is 58.6 cm³/mol. The van der Waals surface area contributed by atoms with Gasteiger partial charge in [-0.2, -0.15) is 5.26 Å². The number of rotatable bonds is 4. The van der Waals surface area contributed by atoms with E-state index in [4.69, 9.17) is 15.6 Å². The Hall–Kier alpha value is -2.82. The minimum atomic E-state index is -1.26. The summed E-state index contributed by atoms with van der Waals surface area (Å²) in [6.07, 6.45) is 0. The standard InChI is InChI=1S/C10H10N4O4/c1-7(10(15)16)13(14(18)12-17)9-4-2-8(6-11)3-5-9/h2-5,7,17H,1H3,(H,15,16)/b14-12-. The minimum absolute atomic E-state index is 0.191. The molecule has 0 bridgehead atoms. The van der Waals surface area contributed by atoms with Gasteiger partial charge in [-0.05, 0) is 31.2 Å². The lowest BCUT2D eigenvalue weighted by Crippen LogP contribution is -2.43. The molecular formula is C10H10N4O4. The van der Waals surface area contributed by atoms with Crippen LogP contribution in [0.4, 0.5) is 5.69 Å². The summed E-state index contributed by atoms with van der Waals surface area (Å²) in [4.78, 5) is 10.6. The first-order chi connectivity index (χ1) is 8.51. The lowest BCUT2D eigenvalue weighted by Gasteiger charge is -2.20. The molecule has 1 atom stereocenters. The van der Waals surface area contributed by atoms with Crippen molar-refractivity contribution >= 4 is 11.7 Å². The lowest BCUT2D eigenvalue weighted by atomic mass is 10.2. The number of hydrogen-bond donors (Lipinski definition) is 2. The van der Waals surface area contributed by atoms with E-state index in [1.54, 1.807) is 0 Å². The van der Waals surface area contributed by atoms with Gasteiger partial charge in [-0.1, -0.05) is 5.01 Å². The molecule has 0 heterocycles. The van der Waals surface area contributed by atoms with Gasteiger partial charge in [0.15, 0.2) is 6.04 Å². The highest BCUT2D eigenvalue weighted by Gasteiger charge is 2.29. The summed E-state index contributed by atoms with van der Waals surface area (Å²) in [5.41, 5.74) is 0.553. The summed E-state index contributed by atoms with van der Waals surface area (Å²) in [5, 5.41) is 40.4. The van der Waals surface area contributed by atoms with E-state index in [-0.39, 0.29) is 10.7 Å². The summed E-state index contributed by atoms with van der Waals surface area (Å²) < 4.78 is 0. The number of nitriles is 1. The molecule has 1 rings (SSSR count). The molecule has 8 heteroatoms. The Balaban J connectivity index is 3.18. The number of benzene rings is 1. The number of anilines is 1. The van der Waals surface area contributed by atoms with E-state index in [1.165, 1.54) is 31.2 Å². The Bertz CT molecular complexity index is 506. The largest absolute Gasteiger partial charge is 0.569 e. The summed E-state index contributed by atoms with van der Waals surface area (Å²) in [6.45, 7) is 1.26. The van der Waals surface area contributed by atoms with Crippen LogP contribution < -0.4 is 5.01 Å². The van der Waals surface area contributed by atoms with Gasteiger partial charge >= 0.3 is 5.97 Å². The first-order valence-electron chi connectivity index (χ1n) is 4.85. The molecule has 94 valence electrons. The van der Waals surface area contributed by atoms with Crippen molar-refractivity contribution in [2.24, 2.45) is 5.28 Å². The molecule has 1 aromatic carbocycles. The maximum absolute atomic E-state index is 11.3. The van der Waals surface area contributed by atoms with Crippen LogP contribution in [0.5, 0.6) is 0 Å². The average molecular weight is 250 g/mol. The topological polar surface area (TPSA) is 123 Å². The molecule has 0 aliphatic rings. The van der Waals surface area contributed by atoms with Crippen molar-refractivity contribution in [2.45, 2.75) is 13.0 Å². The Morgan fingerprint density at radius 2 is 2.11 bits per heavy atom. The number of carboxylic acids is 1. The second-order valence-corrected chi connectivity index (χ2v) is 3.36. The lowest BCUT2D eigenvalue weighted by molar-refractivity contribution is -0.570. The van der Waals surface area contributed by atoms with Gasteiger partial charge in [-0.3, -0.25) is 0 Å². The fraction of sp³-hybridized carbons (Fsp3) is 0.200. The first kappa shape index (κ1) is 13.2.